The molecule has 92 valence electrons. The molecule has 0 fully saturated rings. The van der Waals surface area contributed by atoms with Gasteiger partial charge in [-0.25, -0.2) is 4.79 Å². The molecule has 0 unspecified atom stereocenters. The minimum absolute atomic E-state index is 0.358. The minimum atomic E-state index is -0.850. The van der Waals surface area contributed by atoms with Gasteiger partial charge in [0.15, 0.2) is 0 Å². The third kappa shape index (κ3) is 3.74. The maximum Gasteiger partial charge on any atom is 0.332 e. The van der Waals surface area contributed by atoms with Crippen LogP contribution in [0.25, 0.3) is 6.08 Å². The van der Waals surface area contributed by atoms with E-state index in [-0.39, 0.29) is 5.41 Å². The van der Waals surface area contributed by atoms with Crippen LogP contribution in [-0.4, -0.2) is 11.1 Å². The zero-order chi connectivity index (χ0) is 13.2. The summed E-state index contributed by atoms with van der Waals surface area (Å²) >= 11 is 0. The number of carboxylic acid groups (broad SMARTS) is 1. The van der Waals surface area contributed by atoms with Crippen molar-refractivity contribution in [1.82, 2.24) is 0 Å². The number of carbonyl (C=O) groups is 1. The summed E-state index contributed by atoms with van der Waals surface area (Å²) < 4.78 is 0. The monoisotopic (exact) mass is 232 g/mol. The molecule has 1 aromatic carbocycles. The van der Waals surface area contributed by atoms with E-state index in [4.69, 9.17) is 0 Å². The molecule has 0 radical (unpaired) electrons. The van der Waals surface area contributed by atoms with Crippen LogP contribution >= 0.6 is 0 Å². The van der Waals surface area contributed by atoms with Gasteiger partial charge < -0.3 is 5.11 Å². The minimum Gasteiger partial charge on any atom is -0.478 e. The SMILES string of the molecule is Cc1cc(C)cc(C=C(C(=O)O)C(C)(C)C)c1. The largest absolute Gasteiger partial charge is 0.478 e. The van der Waals surface area contributed by atoms with E-state index in [2.05, 4.69) is 6.07 Å². The molecule has 0 aromatic heterocycles. The predicted octanol–water partition coefficient (Wildman–Crippen LogP) is 3.82. The molecule has 0 atom stereocenters. The molecule has 0 aliphatic rings. The van der Waals surface area contributed by atoms with Crippen LogP contribution in [0, 0.1) is 19.3 Å². The van der Waals surface area contributed by atoms with Crippen molar-refractivity contribution in [2.24, 2.45) is 5.41 Å². The summed E-state index contributed by atoms with van der Waals surface area (Å²) in [7, 11) is 0. The van der Waals surface area contributed by atoms with Crippen LogP contribution in [0.15, 0.2) is 23.8 Å². The first-order valence-corrected chi connectivity index (χ1v) is 5.74. The smallest absolute Gasteiger partial charge is 0.332 e. The maximum absolute atomic E-state index is 11.3. The summed E-state index contributed by atoms with van der Waals surface area (Å²) in [6.45, 7) is 9.77. The Morgan fingerprint density at radius 3 is 1.94 bits per heavy atom. The summed E-state index contributed by atoms with van der Waals surface area (Å²) in [6, 6.07) is 6.08. The zero-order valence-electron chi connectivity index (χ0n) is 11.2. The van der Waals surface area contributed by atoms with E-state index in [0.717, 1.165) is 16.7 Å². The van der Waals surface area contributed by atoms with E-state index in [0.29, 0.717) is 5.57 Å². The zero-order valence-corrected chi connectivity index (χ0v) is 11.2. The molecule has 1 N–H and O–H groups in total. The molecular weight excluding hydrogens is 212 g/mol. The summed E-state index contributed by atoms with van der Waals surface area (Å²) in [5, 5.41) is 9.24. The fraction of sp³-hybridized carbons (Fsp3) is 0.400. The average molecular weight is 232 g/mol. The molecule has 0 bridgehead atoms. The molecule has 0 aliphatic heterocycles. The Hall–Kier alpha value is -1.57. The van der Waals surface area contributed by atoms with Crippen molar-refractivity contribution in [2.45, 2.75) is 34.6 Å². The van der Waals surface area contributed by atoms with E-state index < -0.39 is 5.97 Å². The number of rotatable bonds is 2. The van der Waals surface area contributed by atoms with Gasteiger partial charge in [0, 0.05) is 5.57 Å². The van der Waals surface area contributed by atoms with Crippen molar-refractivity contribution in [3.63, 3.8) is 0 Å². The third-order valence-electron chi connectivity index (χ3n) is 2.59. The number of aryl methyl sites for hydroxylation is 2. The van der Waals surface area contributed by atoms with Crippen LogP contribution in [0.5, 0.6) is 0 Å². The van der Waals surface area contributed by atoms with Gasteiger partial charge in [-0.2, -0.15) is 0 Å². The van der Waals surface area contributed by atoms with Crippen LogP contribution in [0.4, 0.5) is 0 Å². The number of benzene rings is 1. The maximum atomic E-state index is 11.3. The summed E-state index contributed by atoms with van der Waals surface area (Å²) in [4.78, 5) is 11.3. The van der Waals surface area contributed by atoms with E-state index >= 15 is 0 Å². The van der Waals surface area contributed by atoms with Crippen molar-refractivity contribution in [3.05, 3.63) is 40.5 Å². The van der Waals surface area contributed by atoms with Gasteiger partial charge in [-0.3, -0.25) is 0 Å². The Morgan fingerprint density at radius 2 is 1.59 bits per heavy atom. The quantitative estimate of drug-likeness (QED) is 0.787. The molecule has 2 heteroatoms. The lowest BCUT2D eigenvalue weighted by molar-refractivity contribution is -0.133. The Kier molecular flexibility index (Phi) is 3.76. The van der Waals surface area contributed by atoms with Crippen molar-refractivity contribution >= 4 is 12.0 Å². The van der Waals surface area contributed by atoms with E-state index in [1.54, 1.807) is 6.08 Å². The molecule has 2 nitrogen and oxygen atoms in total. The first-order chi connectivity index (χ1) is 7.70. The summed E-state index contributed by atoms with van der Waals surface area (Å²) in [5.74, 6) is -0.850. The highest BCUT2D eigenvalue weighted by Crippen LogP contribution is 2.27. The Bertz CT molecular complexity index is 442. The highest BCUT2D eigenvalue weighted by atomic mass is 16.4. The first-order valence-electron chi connectivity index (χ1n) is 5.74. The van der Waals surface area contributed by atoms with Crippen LogP contribution in [-0.2, 0) is 4.79 Å². The lowest BCUT2D eigenvalue weighted by Crippen LogP contribution is -2.17. The Labute approximate surface area is 103 Å². The van der Waals surface area contributed by atoms with Gasteiger partial charge in [-0.1, -0.05) is 50.1 Å². The second-order valence-electron chi connectivity index (χ2n) is 5.53. The van der Waals surface area contributed by atoms with Gasteiger partial charge in [-0.05, 0) is 30.9 Å². The molecule has 0 saturated heterocycles. The number of hydrogen-bond donors (Lipinski definition) is 1. The average Bonchev–Trinajstić information content (AvgIpc) is 2.10. The van der Waals surface area contributed by atoms with Gasteiger partial charge in [-0.15, -0.1) is 0 Å². The fourth-order valence-electron chi connectivity index (χ4n) is 1.86. The topological polar surface area (TPSA) is 37.3 Å². The first kappa shape index (κ1) is 13.5. The van der Waals surface area contributed by atoms with Gasteiger partial charge in [0.1, 0.15) is 0 Å². The molecule has 1 aromatic rings. The van der Waals surface area contributed by atoms with Gasteiger partial charge >= 0.3 is 5.97 Å². The van der Waals surface area contributed by atoms with Crippen LogP contribution < -0.4 is 0 Å². The third-order valence-corrected chi connectivity index (χ3v) is 2.59. The number of aliphatic carboxylic acids is 1. The Morgan fingerprint density at radius 1 is 1.12 bits per heavy atom. The van der Waals surface area contributed by atoms with Crippen LogP contribution in [0.2, 0.25) is 0 Å². The van der Waals surface area contributed by atoms with Crippen molar-refractivity contribution < 1.29 is 9.90 Å². The highest BCUT2D eigenvalue weighted by molar-refractivity contribution is 5.93. The van der Waals surface area contributed by atoms with Gasteiger partial charge in [0.2, 0.25) is 0 Å². The molecule has 0 aliphatic carbocycles. The van der Waals surface area contributed by atoms with E-state index in [1.807, 2.05) is 46.8 Å². The molecule has 1 rings (SSSR count). The summed E-state index contributed by atoms with van der Waals surface area (Å²) in [5.41, 5.74) is 3.32. The number of hydrogen-bond acceptors (Lipinski definition) is 1. The van der Waals surface area contributed by atoms with E-state index in [9.17, 15) is 9.90 Å². The normalized spacial score (nSPS) is 12.6. The highest BCUT2D eigenvalue weighted by Gasteiger charge is 2.23. The standard InChI is InChI=1S/C15H20O2/c1-10-6-11(2)8-12(7-10)9-13(14(16)17)15(3,4)5/h6-9H,1-5H3,(H,16,17). The molecule has 0 amide bonds. The molecule has 17 heavy (non-hydrogen) atoms. The lowest BCUT2D eigenvalue weighted by atomic mass is 9.85. The Balaban J connectivity index is 3.27. The van der Waals surface area contributed by atoms with Crippen LogP contribution in [0.1, 0.15) is 37.5 Å². The van der Waals surface area contributed by atoms with E-state index in [1.165, 1.54) is 0 Å². The lowest BCUT2D eigenvalue weighted by Gasteiger charge is -2.19. The number of carboxylic acids is 1. The van der Waals surface area contributed by atoms with Crippen molar-refractivity contribution in [1.29, 1.82) is 0 Å². The molecular formula is C15H20O2. The summed E-state index contributed by atoms with van der Waals surface area (Å²) in [6.07, 6.45) is 1.77. The van der Waals surface area contributed by atoms with Crippen LogP contribution in [0.3, 0.4) is 0 Å². The molecule has 0 heterocycles. The second kappa shape index (κ2) is 4.74. The molecule has 0 saturated carbocycles. The fourth-order valence-corrected chi connectivity index (χ4v) is 1.86. The van der Waals surface area contributed by atoms with Crippen molar-refractivity contribution in [3.8, 4) is 0 Å². The van der Waals surface area contributed by atoms with Gasteiger partial charge in [0.05, 0.1) is 0 Å². The van der Waals surface area contributed by atoms with Gasteiger partial charge in [0.25, 0.3) is 0 Å². The van der Waals surface area contributed by atoms with Crippen molar-refractivity contribution in [2.75, 3.05) is 0 Å². The molecule has 0 spiro atoms. The predicted molar refractivity (Wildman–Crippen MR) is 71.0 cm³/mol. The second-order valence-corrected chi connectivity index (χ2v) is 5.53.